The minimum Gasteiger partial charge on any atom is -0.475 e. The number of halogens is 11. The van der Waals surface area contributed by atoms with Crippen LogP contribution in [0.4, 0.5) is 56.7 Å². The first-order valence-electron chi connectivity index (χ1n) is 12.7. The summed E-state index contributed by atoms with van der Waals surface area (Å²) in [6, 6.07) is 9.57. The number of nitrogens with one attached hydrogen (secondary N) is 2. The molecule has 0 unspecified atom stereocenters. The van der Waals surface area contributed by atoms with Gasteiger partial charge in [0.05, 0.1) is 33.2 Å². The number of carboxylic acids is 3. The number of aromatic nitrogens is 4. The number of fused-ring (bicyclic) bond motifs is 5. The Balaban J connectivity index is 0.000000338. The summed E-state index contributed by atoms with van der Waals surface area (Å²) in [5.41, 5.74) is 5.92. The number of aromatic amines is 1. The Bertz CT molecular complexity index is 1720. The van der Waals surface area contributed by atoms with Crippen molar-refractivity contribution in [3.05, 3.63) is 59.0 Å². The molecule has 1 aliphatic rings. The summed E-state index contributed by atoms with van der Waals surface area (Å²) in [7, 11) is 3.89. The molecule has 0 radical (unpaired) electrons. The van der Waals surface area contributed by atoms with Crippen LogP contribution in [0.1, 0.15) is 0 Å². The Labute approximate surface area is 283 Å². The molecule has 3 aromatic heterocycles. The van der Waals surface area contributed by atoms with Gasteiger partial charge in [0.15, 0.2) is 0 Å². The molecule has 4 heterocycles. The molecule has 12 nitrogen and oxygen atoms in total. The summed E-state index contributed by atoms with van der Waals surface area (Å²) < 4.78 is 95.2. The molecule has 1 aromatic carbocycles. The highest BCUT2D eigenvalue weighted by molar-refractivity contribution is 6.39. The fourth-order valence-electron chi connectivity index (χ4n) is 3.46. The van der Waals surface area contributed by atoms with Crippen LogP contribution in [0.5, 0.6) is 0 Å². The van der Waals surface area contributed by atoms with Crippen molar-refractivity contribution in [3.63, 3.8) is 0 Å². The number of carboxylic acid groups (broad SMARTS) is 3. The number of imidazole rings is 1. The van der Waals surface area contributed by atoms with Gasteiger partial charge in [-0.05, 0) is 30.3 Å². The lowest BCUT2D eigenvalue weighted by Crippen LogP contribution is -2.21. The van der Waals surface area contributed by atoms with Gasteiger partial charge in [-0.15, -0.1) is 0 Å². The van der Waals surface area contributed by atoms with Crippen molar-refractivity contribution in [2.75, 3.05) is 24.3 Å². The van der Waals surface area contributed by atoms with Crippen LogP contribution >= 0.6 is 23.2 Å². The largest absolute Gasteiger partial charge is 0.490 e. The molecule has 50 heavy (non-hydrogen) atoms. The number of anilines is 3. The van der Waals surface area contributed by atoms with E-state index in [1.54, 1.807) is 18.6 Å². The van der Waals surface area contributed by atoms with E-state index in [0.29, 0.717) is 21.4 Å². The molecular weight excluding hydrogens is 746 g/mol. The Morgan fingerprint density at radius 1 is 0.780 bits per heavy atom. The van der Waals surface area contributed by atoms with E-state index < -0.39 is 36.4 Å². The fraction of sp³-hybridized carbons (Fsp3) is 0.185. The van der Waals surface area contributed by atoms with Crippen LogP contribution in [-0.4, -0.2) is 85.8 Å². The molecule has 0 bridgehead atoms. The van der Waals surface area contributed by atoms with Crippen molar-refractivity contribution in [1.82, 2.24) is 19.9 Å². The summed E-state index contributed by atoms with van der Waals surface area (Å²) in [4.78, 5) is 45.7. The Kier molecular flexibility index (Phi) is 13.0. The molecule has 23 heteroatoms. The van der Waals surface area contributed by atoms with Crippen molar-refractivity contribution in [3.8, 4) is 33.9 Å². The van der Waals surface area contributed by atoms with Gasteiger partial charge in [-0.3, -0.25) is 4.98 Å². The minimum absolute atomic E-state index is 0.532. The quantitative estimate of drug-likeness (QED) is 0.112. The molecule has 4 aromatic rings. The molecule has 0 spiro atoms. The van der Waals surface area contributed by atoms with Crippen molar-refractivity contribution in [1.29, 1.82) is 0 Å². The van der Waals surface area contributed by atoms with Gasteiger partial charge in [-0.25, -0.2) is 24.4 Å². The number of H-pyrrole nitrogens is 1. The monoisotopic (exact) mass is 764 g/mol. The highest BCUT2D eigenvalue weighted by Crippen LogP contribution is 2.45. The molecule has 1 aliphatic heterocycles. The lowest BCUT2D eigenvalue weighted by atomic mass is 10.1. The molecule has 5 rings (SSSR count). The predicted octanol–water partition coefficient (Wildman–Crippen LogP) is 7.53. The van der Waals surface area contributed by atoms with Gasteiger partial charge in [-0.1, -0.05) is 23.2 Å². The topological polar surface area (TPSA) is 182 Å². The maximum Gasteiger partial charge on any atom is 0.490 e. The maximum atomic E-state index is 10.6. The first-order valence-corrected chi connectivity index (χ1v) is 13.5. The van der Waals surface area contributed by atoms with Crippen LogP contribution in [-0.2, 0) is 14.4 Å². The number of hydrogen-bond acceptors (Lipinski definition) is 8. The molecule has 0 amide bonds. The zero-order valence-corrected chi connectivity index (χ0v) is 26.1. The smallest absolute Gasteiger partial charge is 0.475 e. The van der Waals surface area contributed by atoms with Gasteiger partial charge in [-0.2, -0.15) is 39.5 Å². The van der Waals surface area contributed by atoms with Crippen LogP contribution in [0.25, 0.3) is 33.9 Å². The number of hydrogen-bond donors (Lipinski definition) is 5. The number of carbonyl (C=O) groups is 3. The lowest BCUT2D eigenvalue weighted by molar-refractivity contribution is -0.193. The summed E-state index contributed by atoms with van der Waals surface area (Å²) in [5.74, 6) is -6.94. The standard InChI is InChI=1S/C21H16Cl2N6.3C2HF3O2/c1-29(2)11-8-14(22)17(15(23)9-11)21-27-18-12-5-7-24-10-16(12)26-20-13(19(18)28-21)4-3-6-25-20;3*3-2(4,5)1(6)7/h3-10H,1-2H3,(H,25,26)(H,27,28);3*(H,6,7). The number of aliphatic carboxylic acids is 3. The van der Waals surface area contributed by atoms with Gasteiger partial charge < -0.3 is 30.5 Å². The van der Waals surface area contributed by atoms with Crippen molar-refractivity contribution < 1.29 is 69.2 Å². The number of benzene rings is 1. The van der Waals surface area contributed by atoms with Crippen LogP contribution in [0.2, 0.25) is 10.0 Å². The van der Waals surface area contributed by atoms with E-state index in [0.717, 1.165) is 39.7 Å². The second-order valence-corrected chi connectivity index (χ2v) is 10.2. The summed E-state index contributed by atoms with van der Waals surface area (Å²) in [6.07, 6.45) is -9.98. The summed E-state index contributed by atoms with van der Waals surface area (Å²) >= 11 is 13.2. The van der Waals surface area contributed by atoms with Crippen molar-refractivity contribution in [2.24, 2.45) is 0 Å². The second-order valence-electron chi connectivity index (χ2n) is 9.34. The van der Waals surface area contributed by atoms with Crippen LogP contribution in [0.3, 0.4) is 0 Å². The average molecular weight is 765 g/mol. The molecule has 0 atom stereocenters. The van der Waals surface area contributed by atoms with Crippen molar-refractivity contribution >= 4 is 58.3 Å². The van der Waals surface area contributed by atoms with Crippen molar-refractivity contribution in [2.45, 2.75) is 18.5 Å². The van der Waals surface area contributed by atoms with Crippen LogP contribution in [0, 0.1) is 0 Å². The zero-order valence-electron chi connectivity index (χ0n) is 24.6. The highest BCUT2D eigenvalue weighted by atomic mass is 35.5. The summed E-state index contributed by atoms with van der Waals surface area (Å²) in [6.45, 7) is 0. The van der Waals surface area contributed by atoms with Gasteiger partial charge in [0, 0.05) is 43.3 Å². The Morgan fingerprint density at radius 3 is 1.70 bits per heavy atom. The number of alkyl halides is 9. The van der Waals surface area contributed by atoms with E-state index in [9.17, 15) is 39.5 Å². The zero-order chi connectivity index (χ0) is 38.4. The van der Waals surface area contributed by atoms with E-state index in [1.807, 2.05) is 49.3 Å². The molecule has 5 N–H and O–H groups in total. The van der Waals surface area contributed by atoms with E-state index in [2.05, 4.69) is 20.3 Å². The highest BCUT2D eigenvalue weighted by Gasteiger charge is 2.39. The minimum atomic E-state index is -5.08. The van der Waals surface area contributed by atoms with E-state index in [4.69, 9.17) is 57.9 Å². The second kappa shape index (κ2) is 15.9. The number of rotatable bonds is 2. The first-order chi connectivity index (χ1) is 22.9. The molecule has 0 aliphatic carbocycles. The lowest BCUT2D eigenvalue weighted by Gasteiger charge is -2.15. The Morgan fingerprint density at radius 2 is 1.26 bits per heavy atom. The van der Waals surface area contributed by atoms with Gasteiger partial charge >= 0.3 is 36.4 Å². The summed E-state index contributed by atoms with van der Waals surface area (Å²) in [5, 5.41) is 25.8. The third-order valence-corrected chi connectivity index (χ3v) is 6.21. The average Bonchev–Trinajstić information content (AvgIpc) is 3.36. The van der Waals surface area contributed by atoms with Gasteiger partial charge in [0.1, 0.15) is 17.3 Å². The van der Waals surface area contributed by atoms with Gasteiger partial charge in [0.25, 0.3) is 0 Å². The van der Waals surface area contributed by atoms with E-state index >= 15 is 0 Å². The molecule has 270 valence electrons. The normalized spacial score (nSPS) is 11.5. The van der Waals surface area contributed by atoms with Crippen LogP contribution in [0.15, 0.2) is 48.9 Å². The Hall–Kier alpha value is -5.31. The molecular formula is C27H19Cl2F9N6O6. The SMILES string of the molecule is CN(C)c1cc(Cl)c(-c2nc3c([nH]2)-c2ccncc2Nc2ncccc2-3)c(Cl)c1.O=C(O)C(F)(F)F.O=C(O)C(F)(F)F.O=C(O)C(F)(F)F. The first kappa shape index (κ1) is 40.9. The number of pyridine rings is 2. The molecule has 0 fully saturated rings. The fourth-order valence-corrected chi connectivity index (χ4v) is 4.12. The van der Waals surface area contributed by atoms with E-state index in [1.165, 1.54) is 0 Å². The van der Waals surface area contributed by atoms with Crippen LogP contribution < -0.4 is 10.2 Å². The van der Waals surface area contributed by atoms with E-state index in [-0.39, 0.29) is 0 Å². The molecule has 0 saturated carbocycles. The van der Waals surface area contributed by atoms with Gasteiger partial charge in [0.2, 0.25) is 0 Å². The molecule has 0 saturated heterocycles. The predicted molar refractivity (Wildman–Crippen MR) is 159 cm³/mol. The third-order valence-electron chi connectivity index (χ3n) is 5.62. The number of nitrogens with zero attached hydrogens (tertiary/aromatic N) is 4. The maximum absolute atomic E-state index is 10.6. The third kappa shape index (κ3) is 10.9.